The van der Waals surface area contributed by atoms with Crippen LogP contribution in [0.25, 0.3) is 10.2 Å². The number of hydrogen-bond donors (Lipinski definition) is 1. The average Bonchev–Trinajstić information content (AvgIpc) is 3.09. The fourth-order valence-electron chi connectivity index (χ4n) is 2.88. The molecule has 0 unspecified atom stereocenters. The number of carbonyl (C=O) groups excluding carboxylic acids is 1. The molecule has 2 aromatic carbocycles. The highest BCUT2D eigenvalue weighted by molar-refractivity contribution is 7.22. The molecule has 1 amide bonds. The number of amides is 1. The normalized spacial score (nSPS) is 11.1. The molecule has 0 fully saturated rings. The van der Waals surface area contributed by atoms with Crippen LogP contribution in [0.4, 0.5) is 5.13 Å². The first-order valence-corrected chi connectivity index (χ1v) is 9.94. The van der Waals surface area contributed by atoms with Crippen LogP contribution in [-0.4, -0.2) is 52.3 Å². The molecule has 0 atom stereocenters. The van der Waals surface area contributed by atoms with E-state index < -0.39 is 0 Å². The number of aromatic nitrogens is 1. The lowest BCUT2D eigenvalue weighted by atomic mass is 10.1. The number of carbonyl (C=O) groups is 1. The molecule has 0 spiro atoms. The zero-order valence-electron chi connectivity index (χ0n) is 16.9. The van der Waals surface area contributed by atoms with Gasteiger partial charge in [-0.1, -0.05) is 17.4 Å². The van der Waals surface area contributed by atoms with E-state index in [1.54, 1.807) is 48.7 Å². The maximum atomic E-state index is 13.4. The number of rotatable bonds is 7. The molecular formula is C21H26N3O3S+. The van der Waals surface area contributed by atoms with Gasteiger partial charge in [-0.15, -0.1) is 0 Å². The fraction of sp³-hybridized carbons (Fsp3) is 0.333. The quantitative estimate of drug-likeness (QED) is 0.662. The van der Waals surface area contributed by atoms with E-state index in [9.17, 15) is 4.79 Å². The highest BCUT2D eigenvalue weighted by Crippen LogP contribution is 2.32. The molecule has 0 aliphatic rings. The van der Waals surface area contributed by atoms with Crippen LogP contribution in [0.5, 0.6) is 11.5 Å². The van der Waals surface area contributed by atoms with Gasteiger partial charge in [0.2, 0.25) is 0 Å². The lowest BCUT2D eigenvalue weighted by molar-refractivity contribution is -0.856. The zero-order chi connectivity index (χ0) is 20.3. The van der Waals surface area contributed by atoms with E-state index in [-0.39, 0.29) is 5.91 Å². The highest BCUT2D eigenvalue weighted by Gasteiger charge is 2.23. The minimum Gasteiger partial charge on any atom is -0.493 e. The number of ether oxygens (including phenoxy) is 2. The summed E-state index contributed by atoms with van der Waals surface area (Å²) >= 11 is 1.54. The Kier molecular flexibility index (Phi) is 6.16. The molecule has 0 bridgehead atoms. The van der Waals surface area contributed by atoms with E-state index in [4.69, 9.17) is 14.5 Å². The van der Waals surface area contributed by atoms with Gasteiger partial charge in [-0.2, -0.15) is 0 Å². The summed E-state index contributed by atoms with van der Waals surface area (Å²) in [7, 11) is 7.28. The van der Waals surface area contributed by atoms with Gasteiger partial charge in [-0.3, -0.25) is 9.69 Å². The smallest absolute Gasteiger partial charge is 0.260 e. The van der Waals surface area contributed by atoms with E-state index in [2.05, 4.69) is 27.1 Å². The highest BCUT2D eigenvalue weighted by atomic mass is 32.1. The summed E-state index contributed by atoms with van der Waals surface area (Å²) in [6.45, 7) is 3.45. The van der Waals surface area contributed by atoms with Crippen molar-refractivity contribution in [3.8, 4) is 11.5 Å². The van der Waals surface area contributed by atoms with Crippen LogP contribution in [0.15, 0.2) is 36.4 Å². The van der Waals surface area contributed by atoms with Crippen LogP contribution < -0.4 is 19.3 Å². The second kappa shape index (κ2) is 8.58. The Balaban J connectivity index is 1.99. The van der Waals surface area contributed by atoms with Crippen molar-refractivity contribution in [3.05, 3.63) is 47.5 Å². The number of nitrogens with one attached hydrogen (secondary N) is 1. The molecule has 6 nitrogen and oxygen atoms in total. The monoisotopic (exact) mass is 400 g/mol. The number of anilines is 1. The number of quaternary nitrogens is 1. The Bertz CT molecular complexity index is 984. The molecule has 3 rings (SSSR count). The number of benzene rings is 2. The van der Waals surface area contributed by atoms with Crippen molar-refractivity contribution in [1.82, 2.24) is 4.98 Å². The van der Waals surface area contributed by atoms with Gasteiger partial charge in [0.15, 0.2) is 16.6 Å². The van der Waals surface area contributed by atoms with Gasteiger partial charge in [0, 0.05) is 5.56 Å². The van der Waals surface area contributed by atoms with Crippen LogP contribution in [0.3, 0.4) is 0 Å². The fourth-order valence-corrected chi connectivity index (χ4v) is 3.97. The summed E-state index contributed by atoms with van der Waals surface area (Å²) in [5.74, 6) is 1.03. The van der Waals surface area contributed by atoms with E-state index in [1.807, 2.05) is 12.1 Å². The average molecular weight is 401 g/mol. The van der Waals surface area contributed by atoms with E-state index >= 15 is 0 Å². The SMILES string of the molecule is COc1ccc(C(=O)N(CC[NH+](C)C)c2nc3ccc(C)cc3s2)cc1OC. The molecule has 28 heavy (non-hydrogen) atoms. The molecule has 148 valence electrons. The maximum Gasteiger partial charge on any atom is 0.260 e. The third-order valence-corrected chi connectivity index (χ3v) is 5.52. The van der Waals surface area contributed by atoms with Gasteiger partial charge in [0.25, 0.3) is 5.91 Å². The second-order valence-corrected chi connectivity index (χ2v) is 7.96. The predicted octanol–water partition coefficient (Wildman–Crippen LogP) is 2.41. The van der Waals surface area contributed by atoms with Crippen LogP contribution in [0.1, 0.15) is 15.9 Å². The molecule has 1 heterocycles. The van der Waals surface area contributed by atoms with Gasteiger partial charge >= 0.3 is 0 Å². The summed E-state index contributed by atoms with van der Waals surface area (Å²) in [5, 5.41) is 0.710. The third-order valence-electron chi connectivity index (χ3n) is 4.47. The predicted molar refractivity (Wildman–Crippen MR) is 113 cm³/mol. The lowest BCUT2D eigenvalue weighted by Crippen LogP contribution is -3.06. The maximum absolute atomic E-state index is 13.4. The molecule has 3 aromatic rings. The van der Waals surface area contributed by atoms with E-state index in [0.29, 0.717) is 28.7 Å². The van der Waals surface area contributed by atoms with Crippen molar-refractivity contribution in [2.75, 3.05) is 46.3 Å². The number of thiazole rings is 1. The molecule has 7 heteroatoms. The van der Waals surface area contributed by atoms with Crippen molar-refractivity contribution in [2.24, 2.45) is 0 Å². The Labute approximate surface area is 169 Å². The Morgan fingerprint density at radius 1 is 1.11 bits per heavy atom. The zero-order valence-corrected chi connectivity index (χ0v) is 17.7. The van der Waals surface area contributed by atoms with Crippen molar-refractivity contribution in [2.45, 2.75) is 6.92 Å². The molecular weight excluding hydrogens is 374 g/mol. The number of nitrogens with zero attached hydrogens (tertiary/aromatic N) is 2. The van der Waals surface area contributed by atoms with Crippen molar-refractivity contribution >= 4 is 32.6 Å². The summed E-state index contributed by atoms with van der Waals surface area (Å²) in [5.41, 5.74) is 2.63. The van der Waals surface area contributed by atoms with Gasteiger partial charge in [-0.05, 0) is 42.8 Å². The molecule has 1 N–H and O–H groups in total. The Morgan fingerprint density at radius 3 is 2.54 bits per heavy atom. The Morgan fingerprint density at radius 2 is 1.86 bits per heavy atom. The van der Waals surface area contributed by atoms with Gasteiger partial charge in [0.1, 0.15) is 0 Å². The second-order valence-electron chi connectivity index (χ2n) is 6.95. The van der Waals surface area contributed by atoms with Gasteiger partial charge in [-0.25, -0.2) is 4.98 Å². The molecule has 0 aliphatic carbocycles. The van der Waals surface area contributed by atoms with Gasteiger partial charge in [0.05, 0.1) is 51.6 Å². The first kappa shape index (κ1) is 20.1. The van der Waals surface area contributed by atoms with Crippen molar-refractivity contribution < 1.29 is 19.2 Å². The first-order chi connectivity index (χ1) is 13.4. The van der Waals surface area contributed by atoms with Crippen LogP contribution in [-0.2, 0) is 0 Å². The minimum absolute atomic E-state index is 0.0991. The number of hydrogen-bond acceptors (Lipinski definition) is 5. The topological polar surface area (TPSA) is 56.1 Å². The van der Waals surface area contributed by atoms with E-state index in [0.717, 1.165) is 16.8 Å². The van der Waals surface area contributed by atoms with Crippen LogP contribution >= 0.6 is 11.3 Å². The largest absolute Gasteiger partial charge is 0.493 e. The number of aryl methyl sites for hydroxylation is 1. The summed E-state index contributed by atoms with van der Waals surface area (Å²) < 4.78 is 11.7. The molecule has 1 aromatic heterocycles. The number of fused-ring (bicyclic) bond motifs is 1. The molecule has 0 saturated carbocycles. The number of likely N-dealkylation sites (N-methyl/N-ethyl adjacent to an activating group) is 1. The number of methoxy groups -OCH3 is 2. The minimum atomic E-state index is -0.0991. The van der Waals surface area contributed by atoms with Crippen LogP contribution in [0, 0.1) is 6.92 Å². The lowest BCUT2D eigenvalue weighted by Gasteiger charge is -2.21. The van der Waals surface area contributed by atoms with E-state index in [1.165, 1.54) is 10.5 Å². The summed E-state index contributed by atoms with van der Waals surface area (Å²) in [4.78, 5) is 21.1. The first-order valence-electron chi connectivity index (χ1n) is 9.13. The third kappa shape index (κ3) is 4.26. The molecule has 0 radical (unpaired) electrons. The summed E-state index contributed by atoms with van der Waals surface area (Å²) in [6.07, 6.45) is 0. The van der Waals surface area contributed by atoms with Crippen molar-refractivity contribution in [1.29, 1.82) is 0 Å². The molecule has 0 saturated heterocycles. The Hall–Kier alpha value is -2.64. The molecule has 0 aliphatic heterocycles. The van der Waals surface area contributed by atoms with Crippen LogP contribution in [0.2, 0.25) is 0 Å². The van der Waals surface area contributed by atoms with Gasteiger partial charge < -0.3 is 14.4 Å². The standard InChI is InChI=1S/C21H25N3O3S/c1-14-6-8-16-19(12-14)28-21(22-16)24(11-10-23(2)3)20(25)15-7-9-17(26-4)18(13-15)27-5/h6-9,12-13H,10-11H2,1-5H3/p+1. The van der Waals surface area contributed by atoms with Crippen molar-refractivity contribution in [3.63, 3.8) is 0 Å². The summed E-state index contributed by atoms with van der Waals surface area (Å²) in [6, 6.07) is 11.4.